The Morgan fingerprint density at radius 3 is 2.47 bits per heavy atom. The van der Waals surface area contributed by atoms with Crippen molar-refractivity contribution >= 4 is 12.0 Å². The fourth-order valence-corrected chi connectivity index (χ4v) is 1.59. The third-order valence-electron chi connectivity index (χ3n) is 2.32. The zero-order chi connectivity index (χ0) is 12.7. The van der Waals surface area contributed by atoms with Crippen LogP contribution in [0.1, 0.15) is 31.9 Å². The molecular formula is C15H20O2. The minimum atomic E-state index is -0.293. The Hall–Kier alpha value is -1.57. The molecule has 0 atom stereocenters. The molecule has 1 aromatic rings. The van der Waals surface area contributed by atoms with E-state index < -0.39 is 0 Å². The van der Waals surface area contributed by atoms with Crippen molar-refractivity contribution in [3.63, 3.8) is 0 Å². The van der Waals surface area contributed by atoms with Crippen LogP contribution in [0.15, 0.2) is 30.3 Å². The van der Waals surface area contributed by atoms with Gasteiger partial charge in [0.2, 0.25) is 0 Å². The van der Waals surface area contributed by atoms with Gasteiger partial charge in [-0.05, 0) is 36.5 Å². The predicted octanol–water partition coefficient (Wildman–Crippen LogP) is 3.46. The number of carbonyl (C=O) groups excluding carboxylic acids is 1. The van der Waals surface area contributed by atoms with E-state index in [9.17, 15) is 4.79 Å². The first-order valence-corrected chi connectivity index (χ1v) is 6.05. The molecule has 0 aliphatic rings. The molecule has 0 heterocycles. The molecular weight excluding hydrogens is 212 g/mol. The third kappa shape index (κ3) is 5.34. The molecule has 0 saturated heterocycles. The fraction of sp³-hybridized carbons (Fsp3) is 0.400. The van der Waals surface area contributed by atoms with Crippen LogP contribution in [0.4, 0.5) is 0 Å². The summed E-state index contributed by atoms with van der Waals surface area (Å²) in [5, 5.41) is 0. The molecule has 0 aliphatic carbocycles. The average Bonchev–Trinajstić information content (AvgIpc) is 2.28. The first-order valence-electron chi connectivity index (χ1n) is 6.05. The van der Waals surface area contributed by atoms with Crippen LogP contribution in [-0.2, 0) is 16.0 Å². The van der Waals surface area contributed by atoms with E-state index in [1.54, 1.807) is 13.0 Å². The molecule has 2 nitrogen and oxygen atoms in total. The second kappa shape index (κ2) is 6.89. The number of rotatable bonds is 5. The largest absolute Gasteiger partial charge is 0.463 e. The summed E-state index contributed by atoms with van der Waals surface area (Å²) in [4.78, 5) is 11.1. The second-order valence-electron chi connectivity index (χ2n) is 4.42. The summed E-state index contributed by atoms with van der Waals surface area (Å²) in [6.07, 6.45) is 4.32. The van der Waals surface area contributed by atoms with E-state index in [0.29, 0.717) is 12.5 Å². The zero-order valence-electron chi connectivity index (χ0n) is 10.8. The van der Waals surface area contributed by atoms with Crippen molar-refractivity contribution in [3.05, 3.63) is 41.5 Å². The number of hydrogen-bond donors (Lipinski definition) is 0. The Kier molecular flexibility index (Phi) is 5.47. The van der Waals surface area contributed by atoms with E-state index in [1.807, 2.05) is 12.1 Å². The molecule has 17 heavy (non-hydrogen) atoms. The molecule has 0 saturated carbocycles. The van der Waals surface area contributed by atoms with Crippen LogP contribution in [0.5, 0.6) is 0 Å². The topological polar surface area (TPSA) is 26.3 Å². The first-order chi connectivity index (χ1) is 8.11. The lowest BCUT2D eigenvalue weighted by Gasteiger charge is -2.04. The van der Waals surface area contributed by atoms with E-state index >= 15 is 0 Å². The number of ether oxygens (including phenoxy) is 1. The fourth-order valence-electron chi connectivity index (χ4n) is 1.59. The molecule has 0 spiro atoms. The van der Waals surface area contributed by atoms with Gasteiger partial charge in [0, 0.05) is 6.08 Å². The van der Waals surface area contributed by atoms with Crippen molar-refractivity contribution in [1.82, 2.24) is 0 Å². The number of esters is 1. The van der Waals surface area contributed by atoms with Gasteiger partial charge in [0.15, 0.2) is 0 Å². The quantitative estimate of drug-likeness (QED) is 0.574. The average molecular weight is 232 g/mol. The molecule has 0 fully saturated rings. The predicted molar refractivity (Wildman–Crippen MR) is 70.7 cm³/mol. The summed E-state index contributed by atoms with van der Waals surface area (Å²) in [5.74, 6) is 0.370. The number of carbonyl (C=O) groups is 1. The van der Waals surface area contributed by atoms with Crippen molar-refractivity contribution < 1.29 is 9.53 Å². The highest BCUT2D eigenvalue weighted by molar-refractivity contribution is 5.86. The van der Waals surface area contributed by atoms with Crippen LogP contribution in [0, 0.1) is 5.92 Å². The summed E-state index contributed by atoms with van der Waals surface area (Å²) >= 11 is 0. The van der Waals surface area contributed by atoms with Gasteiger partial charge in [0.1, 0.15) is 0 Å². The molecule has 0 aromatic heterocycles. The van der Waals surface area contributed by atoms with Crippen molar-refractivity contribution in [2.45, 2.75) is 27.2 Å². The molecule has 0 amide bonds. The van der Waals surface area contributed by atoms with Gasteiger partial charge in [0.05, 0.1) is 6.61 Å². The maximum Gasteiger partial charge on any atom is 0.330 e. The van der Waals surface area contributed by atoms with E-state index in [4.69, 9.17) is 4.74 Å². The zero-order valence-corrected chi connectivity index (χ0v) is 10.8. The maximum absolute atomic E-state index is 11.1. The Labute approximate surface area is 103 Å². The van der Waals surface area contributed by atoms with Gasteiger partial charge in [-0.2, -0.15) is 0 Å². The molecule has 0 bridgehead atoms. The van der Waals surface area contributed by atoms with Crippen molar-refractivity contribution in [2.75, 3.05) is 6.61 Å². The standard InChI is InChI=1S/C15H20O2/c1-4-17-15(16)10-9-13-5-7-14(8-6-13)11-12(2)3/h5-10,12H,4,11H2,1-3H3. The van der Waals surface area contributed by atoms with Crippen LogP contribution in [-0.4, -0.2) is 12.6 Å². The van der Waals surface area contributed by atoms with E-state index in [-0.39, 0.29) is 5.97 Å². The van der Waals surface area contributed by atoms with Gasteiger partial charge in [0.25, 0.3) is 0 Å². The van der Waals surface area contributed by atoms with Crippen molar-refractivity contribution in [2.24, 2.45) is 5.92 Å². The van der Waals surface area contributed by atoms with Gasteiger partial charge in [-0.1, -0.05) is 38.1 Å². The van der Waals surface area contributed by atoms with Gasteiger partial charge in [-0.3, -0.25) is 0 Å². The molecule has 0 aliphatic heterocycles. The van der Waals surface area contributed by atoms with Crippen LogP contribution in [0.3, 0.4) is 0 Å². The normalized spacial score (nSPS) is 11.1. The third-order valence-corrected chi connectivity index (χ3v) is 2.32. The highest BCUT2D eigenvalue weighted by Gasteiger charge is 1.98. The van der Waals surface area contributed by atoms with Crippen LogP contribution in [0.25, 0.3) is 6.08 Å². The van der Waals surface area contributed by atoms with Gasteiger partial charge in [-0.15, -0.1) is 0 Å². The lowest BCUT2D eigenvalue weighted by Crippen LogP contribution is -1.98. The SMILES string of the molecule is CCOC(=O)C=Cc1ccc(CC(C)C)cc1. The molecule has 1 aromatic carbocycles. The minimum absolute atomic E-state index is 0.293. The summed E-state index contributed by atoms with van der Waals surface area (Å²) in [6, 6.07) is 8.25. The number of benzene rings is 1. The van der Waals surface area contributed by atoms with Crippen molar-refractivity contribution in [1.29, 1.82) is 0 Å². The van der Waals surface area contributed by atoms with E-state index in [2.05, 4.69) is 26.0 Å². The highest BCUT2D eigenvalue weighted by atomic mass is 16.5. The monoisotopic (exact) mass is 232 g/mol. The Bertz CT molecular complexity index is 374. The van der Waals surface area contributed by atoms with Crippen LogP contribution >= 0.6 is 0 Å². The molecule has 1 rings (SSSR count). The highest BCUT2D eigenvalue weighted by Crippen LogP contribution is 2.10. The minimum Gasteiger partial charge on any atom is -0.463 e. The Morgan fingerprint density at radius 2 is 1.94 bits per heavy atom. The molecule has 0 N–H and O–H groups in total. The maximum atomic E-state index is 11.1. The van der Waals surface area contributed by atoms with Crippen molar-refractivity contribution in [3.8, 4) is 0 Å². The smallest absolute Gasteiger partial charge is 0.330 e. The van der Waals surface area contributed by atoms with E-state index in [1.165, 1.54) is 11.6 Å². The molecule has 2 heteroatoms. The number of hydrogen-bond acceptors (Lipinski definition) is 2. The van der Waals surface area contributed by atoms with Gasteiger partial charge < -0.3 is 4.74 Å². The lowest BCUT2D eigenvalue weighted by atomic mass is 10.0. The molecule has 0 unspecified atom stereocenters. The van der Waals surface area contributed by atoms with Crippen LogP contribution in [0.2, 0.25) is 0 Å². The summed E-state index contributed by atoms with van der Waals surface area (Å²) in [7, 11) is 0. The Balaban J connectivity index is 2.59. The summed E-state index contributed by atoms with van der Waals surface area (Å²) in [6.45, 7) is 6.62. The lowest BCUT2D eigenvalue weighted by molar-refractivity contribution is -0.137. The molecule has 92 valence electrons. The van der Waals surface area contributed by atoms with Crippen LogP contribution < -0.4 is 0 Å². The summed E-state index contributed by atoms with van der Waals surface area (Å²) in [5.41, 5.74) is 2.35. The first kappa shape index (κ1) is 13.5. The Morgan fingerprint density at radius 1 is 1.29 bits per heavy atom. The van der Waals surface area contributed by atoms with E-state index in [0.717, 1.165) is 12.0 Å². The van der Waals surface area contributed by atoms with Gasteiger partial charge in [-0.25, -0.2) is 4.79 Å². The molecule has 0 radical (unpaired) electrons. The summed E-state index contributed by atoms with van der Waals surface area (Å²) < 4.78 is 4.81. The van der Waals surface area contributed by atoms with Gasteiger partial charge >= 0.3 is 5.97 Å². The second-order valence-corrected chi connectivity index (χ2v) is 4.42.